The van der Waals surface area contributed by atoms with Crippen molar-refractivity contribution in [2.45, 2.75) is 0 Å². The van der Waals surface area contributed by atoms with Gasteiger partial charge in [-0.05, 0) is 34.9 Å². The second-order valence-electron chi connectivity index (χ2n) is 0.905. The van der Waals surface area contributed by atoms with E-state index >= 15 is 0 Å². The van der Waals surface area contributed by atoms with Gasteiger partial charge in [0.05, 0.1) is 3.72 Å². The van der Waals surface area contributed by atoms with Crippen molar-refractivity contribution in [3.05, 3.63) is 12.3 Å². The molecule has 7 heavy (non-hydrogen) atoms. The standard InChI is InChI=1S/C4H7IN2/c1-7-4(5)2-3-6/h2-3H,6H2,1H3. The summed E-state index contributed by atoms with van der Waals surface area (Å²) in [7, 11) is 1.72. The number of aliphatic imine (C=N–C) groups is 1. The highest BCUT2D eigenvalue weighted by molar-refractivity contribution is 14.1. The van der Waals surface area contributed by atoms with Crippen LogP contribution in [-0.2, 0) is 0 Å². The quantitative estimate of drug-likeness (QED) is 0.507. The van der Waals surface area contributed by atoms with Crippen LogP contribution in [0.2, 0.25) is 0 Å². The Kier molecular flexibility index (Phi) is 4.07. The van der Waals surface area contributed by atoms with Gasteiger partial charge in [-0.1, -0.05) is 0 Å². The smallest absolute Gasteiger partial charge is 0.0964 e. The summed E-state index contributed by atoms with van der Waals surface area (Å²) in [6.45, 7) is 0. The molecule has 0 saturated carbocycles. The Morgan fingerprint density at radius 3 is 2.57 bits per heavy atom. The Balaban J connectivity index is 3.58. The highest BCUT2D eigenvalue weighted by atomic mass is 127. The molecular formula is C4H7IN2. The van der Waals surface area contributed by atoms with E-state index in [-0.39, 0.29) is 0 Å². The molecule has 0 amide bonds. The second kappa shape index (κ2) is 4.11. The molecular weight excluding hydrogens is 203 g/mol. The van der Waals surface area contributed by atoms with E-state index in [1.54, 1.807) is 13.1 Å². The zero-order chi connectivity index (χ0) is 5.70. The van der Waals surface area contributed by atoms with Gasteiger partial charge in [-0.15, -0.1) is 0 Å². The number of halogens is 1. The van der Waals surface area contributed by atoms with E-state index in [2.05, 4.69) is 27.6 Å². The van der Waals surface area contributed by atoms with Crippen molar-refractivity contribution in [2.24, 2.45) is 10.7 Å². The van der Waals surface area contributed by atoms with Crippen LogP contribution in [0.1, 0.15) is 0 Å². The summed E-state index contributed by atoms with van der Waals surface area (Å²) >= 11 is 2.09. The predicted octanol–water partition coefficient (Wildman–Crippen LogP) is 0.922. The number of allylic oxidation sites excluding steroid dienone is 1. The van der Waals surface area contributed by atoms with E-state index in [9.17, 15) is 0 Å². The highest BCUT2D eigenvalue weighted by Gasteiger charge is 1.74. The van der Waals surface area contributed by atoms with Crippen LogP contribution in [0.5, 0.6) is 0 Å². The minimum absolute atomic E-state index is 0.917. The van der Waals surface area contributed by atoms with Crippen molar-refractivity contribution in [1.29, 1.82) is 0 Å². The summed E-state index contributed by atoms with van der Waals surface area (Å²) in [6.07, 6.45) is 3.20. The maximum Gasteiger partial charge on any atom is 0.0964 e. The van der Waals surface area contributed by atoms with Crippen LogP contribution in [0.4, 0.5) is 0 Å². The van der Waals surface area contributed by atoms with Crippen LogP contribution < -0.4 is 5.73 Å². The molecule has 0 aliphatic rings. The van der Waals surface area contributed by atoms with Crippen molar-refractivity contribution in [3.63, 3.8) is 0 Å². The number of nitrogens with zero attached hydrogens (tertiary/aromatic N) is 1. The van der Waals surface area contributed by atoms with Gasteiger partial charge in [0.1, 0.15) is 0 Å². The van der Waals surface area contributed by atoms with E-state index in [0.717, 1.165) is 3.72 Å². The molecule has 0 atom stereocenters. The average molecular weight is 210 g/mol. The lowest BCUT2D eigenvalue weighted by molar-refractivity contribution is 1.47. The molecule has 0 aliphatic carbocycles. The molecule has 0 aromatic rings. The lowest BCUT2D eigenvalue weighted by atomic mass is 10.7. The van der Waals surface area contributed by atoms with E-state index in [0.29, 0.717) is 0 Å². The Labute approximate surface area is 56.6 Å². The number of nitrogens with two attached hydrogens (primary N) is 1. The minimum atomic E-state index is 0.917. The molecule has 0 aromatic carbocycles. The average Bonchev–Trinajstić information content (AvgIpc) is 1.68. The predicted molar refractivity (Wildman–Crippen MR) is 40.7 cm³/mol. The molecule has 0 radical (unpaired) electrons. The largest absolute Gasteiger partial charge is 0.405 e. The molecule has 0 bridgehead atoms. The van der Waals surface area contributed by atoms with Crippen LogP contribution >= 0.6 is 22.6 Å². The summed E-state index contributed by atoms with van der Waals surface area (Å²) < 4.78 is 0.917. The third-order valence-corrected chi connectivity index (χ3v) is 1.29. The topological polar surface area (TPSA) is 38.4 Å². The Morgan fingerprint density at radius 2 is 2.43 bits per heavy atom. The van der Waals surface area contributed by atoms with Crippen molar-refractivity contribution in [2.75, 3.05) is 7.05 Å². The molecule has 0 spiro atoms. The van der Waals surface area contributed by atoms with E-state index in [1.807, 2.05) is 0 Å². The molecule has 0 fully saturated rings. The molecule has 0 unspecified atom stereocenters. The summed E-state index contributed by atoms with van der Waals surface area (Å²) in [5.41, 5.74) is 5.04. The van der Waals surface area contributed by atoms with Gasteiger partial charge in [0.25, 0.3) is 0 Å². The van der Waals surface area contributed by atoms with E-state index < -0.39 is 0 Å². The molecule has 40 valence electrons. The Morgan fingerprint density at radius 1 is 1.86 bits per heavy atom. The molecule has 2 nitrogen and oxygen atoms in total. The molecule has 0 aromatic heterocycles. The Bertz CT molecular complexity index is 95.9. The fourth-order valence-corrected chi connectivity index (χ4v) is 0.362. The van der Waals surface area contributed by atoms with Gasteiger partial charge in [-0.25, -0.2) is 0 Å². The third-order valence-electron chi connectivity index (χ3n) is 0.447. The van der Waals surface area contributed by atoms with Gasteiger partial charge in [-0.2, -0.15) is 0 Å². The summed E-state index contributed by atoms with van der Waals surface area (Å²) in [6, 6.07) is 0. The molecule has 0 saturated heterocycles. The van der Waals surface area contributed by atoms with E-state index in [1.165, 1.54) is 6.20 Å². The first-order valence-electron chi connectivity index (χ1n) is 1.82. The summed E-state index contributed by atoms with van der Waals surface area (Å²) in [5, 5.41) is 0. The number of hydrogen-bond acceptors (Lipinski definition) is 2. The molecule has 2 N–H and O–H groups in total. The number of hydrogen-bond donors (Lipinski definition) is 1. The van der Waals surface area contributed by atoms with Crippen LogP contribution in [0.3, 0.4) is 0 Å². The van der Waals surface area contributed by atoms with Crippen LogP contribution in [-0.4, -0.2) is 10.8 Å². The van der Waals surface area contributed by atoms with Crippen LogP contribution in [0.15, 0.2) is 17.3 Å². The van der Waals surface area contributed by atoms with Gasteiger partial charge in [0.15, 0.2) is 0 Å². The van der Waals surface area contributed by atoms with Crippen LogP contribution in [0, 0.1) is 0 Å². The van der Waals surface area contributed by atoms with Gasteiger partial charge in [0.2, 0.25) is 0 Å². The van der Waals surface area contributed by atoms with Gasteiger partial charge >= 0.3 is 0 Å². The van der Waals surface area contributed by atoms with Gasteiger partial charge in [-0.3, -0.25) is 4.99 Å². The fourth-order valence-electron chi connectivity index (χ4n) is 0.154. The molecule has 0 rings (SSSR count). The van der Waals surface area contributed by atoms with Crippen molar-refractivity contribution in [3.8, 4) is 0 Å². The maximum absolute atomic E-state index is 5.04. The third kappa shape index (κ3) is 3.78. The zero-order valence-electron chi connectivity index (χ0n) is 4.06. The highest BCUT2D eigenvalue weighted by Crippen LogP contribution is 1.88. The van der Waals surface area contributed by atoms with Crippen molar-refractivity contribution < 1.29 is 0 Å². The van der Waals surface area contributed by atoms with Crippen molar-refractivity contribution >= 4 is 26.3 Å². The number of rotatable bonds is 1. The summed E-state index contributed by atoms with van der Waals surface area (Å²) in [5.74, 6) is 0. The van der Waals surface area contributed by atoms with Crippen molar-refractivity contribution in [1.82, 2.24) is 0 Å². The fraction of sp³-hybridized carbons (Fsp3) is 0.250. The SMILES string of the molecule is CN=C(I)C=CN. The maximum atomic E-state index is 5.04. The van der Waals surface area contributed by atoms with E-state index in [4.69, 9.17) is 5.73 Å². The first-order valence-corrected chi connectivity index (χ1v) is 2.89. The monoisotopic (exact) mass is 210 g/mol. The molecule has 0 aliphatic heterocycles. The first-order chi connectivity index (χ1) is 3.31. The zero-order valence-corrected chi connectivity index (χ0v) is 6.21. The first kappa shape index (κ1) is 6.94. The Hall–Kier alpha value is -0.0600. The van der Waals surface area contributed by atoms with Gasteiger partial charge in [0, 0.05) is 7.05 Å². The van der Waals surface area contributed by atoms with Crippen LogP contribution in [0.25, 0.3) is 0 Å². The lowest BCUT2D eigenvalue weighted by Crippen LogP contribution is -1.81. The molecule has 3 heteroatoms. The minimum Gasteiger partial charge on any atom is -0.405 e. The molecule has 0 heterocycles. The lowest BCUT2D eigenvalue weighted by Gasteiger charge is -1.78. The normalized spacial score (nSPS) is 13.1. The van der Waals surface area contributed by atoms with Gasteiger partial charge < -0.3 is 5.73 Å². The summed E-state index contributed by atoms with van der Waals surface area (Å²) in [4.78, 5) is 3.81. The second-order valence-corrected chi connectivity index (χ2v) is 2.01.